The molecule has 0 aliphatic rings. The standard InChI is InChI=1S/C9H14F3N3O/c1-2-15-5-3-13-8(15)14-4-6-16-7-9(10,11)12/h3,5H,2,4,6-7H2,1H3,(H,13,14). The molecule has 0 amide bonds. The Morgan fingerprint density at radius 1 is 1.50 bits per heavy atom. The molecule has 1 aromatic heterocycles. The summed E-state index contributed by atoms with van der Waals surface area (Å²) in [5, 5.41) is 2.89. The van der Waals surface area contributed by atoms with Gasteiger partial charge in [0.2, 0.25) is 5.95 Å². The Labute approximate surface area is 91.4 Å². The van der Waals surface area contributed by atoms with Crippen molar-refractivity contribution in [1.29, 1.82) is 0 Å². The Kier molecular flexibility index (Phi) is 4.60. The number of aromatic nitrogens is 2. The van der Waals surface area contributed by atoms with Crippen LogP contribution in [0.1, 0.15) is 6.92 Å². The van der Waals surface area contributed by atoms with Crippen LogP contribution in [0.3, 0.4) is 0 Å². The van der Waals surface area contributed by atoms with Crippen LogP contribution in [0.5, 0.6) is 0 Å². The molecular weight excluding hydrogens is 223 g/mol. The highest BCUT2D eigenvalue weighted by Crippen LogP contribution is 2.14. The van der Waals surface area contributed by atoms with Crippen LogP contribution in [-0.2, 0) is 11.3 Å². The number of ether oxygens (including phenoxy) is 1. The van der Waals surface area contributed by atoms with Gasteiger partial charge < -0.3 is 14.6 Å². The van der Waals surface area contributed by atoms with E-state index in [2.05, 4.69) is 15.0 Å². The molecule has 1 N–H and O–H groups in total. The van der Waals surface area contributed by atoms with Gasteiger partial charge in [0.05, 0.1) is 6.61 Å². The van der Waals surface area contributed by atoms with Gasteiger partial charge in [0.1, 0.15) is 6.61 Å². The van der Waals surface area contributed by atoms with E-state index in [1.54, 1.807) is 12.4 Å². The molecular formula is C9H14F3N3O. The lowest BCUT2D eigenvalue weighted by molar-refractivity contribution is -0.172. The SMILES string of the molecule is CCn1ccnc1NCCOCC(F)(F)F. The van der Waals surface area contributed by atoms with Crippen molar-refractivity contribution in [3.63, 3.8) is 0 Å². The van der Waals surface area contributed by atoms with Gasteiger partial charge in [-0.25, -0.2) is 4.98 Å². The number of nitrogens with one attached hydrogen (secondary N) is 1. The van der Waals surface area contributed by atoms with Crippen molar-refractivity contribution < 1.29 is 17.9 Å². The summed E-state index contributed by atoms with van der Waals surface area (Å²) in [7, 11) is 0. The first-order valence-corrected chi connectivity index (χ1v) is 4.92. The van der Waals surface area contributed by atoms with E-state index in [-0.39, 0.29) is 6.61 Å². The van der Waals surface area contributed by atoms with Gasteiger partial charge in [0.25, 0.3) is 0 Å². The molecule has 0 saturated heterocycles. The van der Waals surface area contributed by atoms with Crippen molar-refractivity contribution in [2.24, 2.45) is 0 Å². The highest BCUT2D eigenvalue weighted by molar-refractivity contribution is 5.25. The van der Waals surface area contributed by atoms with E-state index in [0.29, 0.717) is 12.5 Å². The van der Waals surface area contributed by atoms with E-state index in [1.165, 1.54) is 0 Å². The molecule has 0 bridgehead atoms. The molecule has 0 radical (unpaired) electrons. The maximum atomic E-state index is 11.7. The molecule has 4 nitrogen and oxygen atoms in total. The summed E-state index contributed by atoms with van der Waals surface area (Å²) >= 11 is 0. The first kappa shape index (κ1) is 12.8. The van der Waals surface area contributed by atoms with Gasteiger partial charge in [0.15, 0.2) is 0 Å². The second-order valence-corrected chi connectivity index (χ2v) is 3.13. The molecule has 0 aliphatic carbocycles. The Balaban J connectivity index is 2.16. The number of imidazole rings is 1. The van der Waals surface area contributed by atoms with E-state index in [0.717, 1.165) is 6.54 Å². The fourth-order valence-electron chi connectivity index (χ4n) is 1.15. The van der Waals surface area contributed by atoms with Crippen LogP contribution >= 0.6 is 0 Å². The van der Waals surface area contributed by atoms with Crippen LogP contribution in [0, 0.1) is 0 Å². The minimum atomic E-state index is -4.26. The second kappa shape index (κ2) is 5.74. The van der Waals surface area contributed by atoms with Gasteiger partial charge in [-0.3, -0.25) is 0 Å². The zero-order valence-corrected chi connectivity index (χ0v) is 8.92. The minimum absolute atomic E-state index is 0.00388. The van der Waals surface area contributed by atoms with Crippen molar-refractivity contribution in [1.82, 2.24) is 9.55 Å². The van der Waals surface area contributed by atoms with Gasteiger partial charge in [-0.05, 0) is 6.92 Å². The van der Waals surface area contributed by atoms with E-state index < -0.39 is 12.8 Å². The summed E-state index contributed by atoms with van der Waals surface area (Å²) < 4.78 is 41.4. The van der Waals surface area contributed by atoms with Gasteiger partial charge in [-0.15, -0.1) is 0 Å². The number of rotatable bonds is 6. The third-order valence-electron chi connectivity index (χ3n) is 1.85. The van der Waals surface area contributed by atoms with E-state index in [9.17, 15) is 13.2 Å². The van der Waals surface area contributed by atoms with Gasteiger partial charge in [-0.2, -0.15) is 13.2 Å². The molecule has 0 spiro atoms. The number of hydrogen-bond acceptors (Lipinski definition) is 3. The average Bonchev–Trinajstić information content (AvgIpc) is 2.63. The van der Waals surface area contributed by atoms with Gasteiger partial charge in [-0.1, -0.05) is 0 Å². The Morgan fingerprint density at radius 2 is 2.25 bits per heavy atom. The molecule has 0 saturated carbocycles. The monoisotopic (exact) mass is 237 g/mol. The van der Waals surface area contributed by atoms with Crippen molar-refractivity contribution in [3.8, 4) is 0 Å². The molecule has 16 heavy (non-hydrogen) atoms. The number of anilines is 1. The van der Waals surface area contributed by atoms with E-state index in [4.69, 9.17) is 0 Å². The molecule has 7 heteroatoms. The van der Waals surface area contributed by atoms with Crippen molar-refractivity contribution in [3.05, 3.63) is 12.4 Å². The topological polar surface area (TPSA) is 39.1 Å². The molecule has 1 rings (SSSR count). The highest BCUT2D eigenvalue weighted by Gasteiger charge is 2.27. The molecule has 0 fully saturated rings. The van der Waals surface area contributed by atoms with Crippen LogP contribution in [0.15, 0.2) is 12.4 Å². The van der Waals surface area contributed by atoms with Crippen molar-refractivity contribution in [2.75, 3.05) is 25.1 Å². The predicted octanol–water partition coefficient (Wildman–Crippen LogP) is 1.89. The lowest BCUT2D eigenvalue weighted by atomic mass is 10.6. The van der Waals surface area contributed by atoms with Crippen LogP contribution in [0.25, 0.3) is 0 Å². The Morgan fingerprint density at radius 3 is 2.88 bits per heavy atom. The van der Waals surface area contributed by atoms with Gasteiger partial charge in [0, 0.05) is 25.5 Å². The highest BCUT2D eigenvalue weighted by atomic mass is 19.4. The first-order chi connectivity index (χ1) is 7.53. The Hall–Kier alpha value is -1.24. The molecule has 0 aliphatic heterocycles. The summed E-state index contributed by atoms with van der Waals surface area (Å²) in [6, 6.07) is 0. The summed E-state index contributed by atoms with van der Waals surface area (Å²) in [4.78, 5) is 4.01. The van der Waals surface area contributed by atoms with Crippen LogP contribution < -0.4 is 5.32 Å². The molecule has 1 heterocycles. The summed E-state index contributed by atoms with van der Waals surface area (Å²) in [6.45, 7) is 1.79. The average molecular weight is 237 g/mol. The molecule has 92 valence electrons. The van der Waals surface area contributed by atoms with Crippen LogP contribution in [0.4, 0.5) is 19.1 Å². The number of halogens is 3. The normalized spacial score (nSPS) is 11.8. The van der Waals surface area contributed by atoms with Crippen molar-refractivity contribution in [2.45, 2.75) is 19.6 Å². The van der Waals surface area contributed by atoms with Crippen LogP contribution in [-0.4, -0.2) is 35.5 Å². The number of hydrogen-bond donors (Lipinski definition) is 1. The number of nitrogens with zero attached hydrogens (tertiary/aromatic N) is 2. The summed E-state index contributed by atoms with van der Waals surface area (Å²) in [6.07, 6.45) is -0.844. The maximum Gasteiger partial charge on any atom is 0.411 e. The van der Waals surface area contributed by atoms with Gasteiger partial charge >= 0.3 is 6.18 Å². The lowest BCUT2D eigenvalue weighted by Crippen LogP contribution is -2.20. The zero-order valence-electron chi connectivity index (χ0n) is 8.92. The quantitative estimate of drug-likeness (QED) is 0.768. The van der Waals surface area contributed by atoms with E-state index in [1.807, 2.05) is 11.5 Å². The first-order valence-electron chi connectivity index (χ1n) is 4.92. The minimum Gasteiger partial charge on any atom is -0.370 e. The molecule has 0 aromatic carbocycles. The maximum absolute atomic E-state index is 11.7. The summed E-state index contributed by atoms with van der Waals surface area (Å²) in [5.74, 6) is 0.637. The largest absolute Gasteiger partial charge is 0.411 e. The third-order valence-corrected chi connectivity index (χ3v) is 1.85. The second-order valence-electron chi connectivity index (χ2n) is 3.13. The molecule has 1 aromatic rings. The third kappa shape index (κ3) is 4.52. The van der Waals surface area contributed by atoms with E-state index >= 15 is 0 Å². The molecule has 0 unspecified atom stereocenters. The smallest absolute Gasteiger partial charge is 0.370 e. The molecule has 0 atom stereocenters. The summed E-state index contributed by atoms with van der Waals surface area (Å²) in [5.41, 5.74) is 0. The predicted molar refractivity (Wildman–Crippen MR) is 53.3 cm³/mol. The number of aryl methyl sites for hydroxylation is 1. The Bertz CT molecular complexity index is 311. The van der Waals surface area contributed by atoms with Crippen molar-refractivity contribution >= 4 is 5.95 Å². The van der Waals surface area contributed by atoms with Crippen LogP contribution in [0.2, 0.25) is 0 Å². The number of alkyl halides is 3. The fourth-order valence-corrected chi connectivity index (χ4v) is 1.15. The fraction of sp³-hybridized carbons (Fsp3) is 0.667. The zero-order chi connectivity index (χ0) is 12.0. The lowest BCUT2D eigenvalue weighted by Gasteiger charge is -2.09.